The number of hydrogen-bond acceptors (Lipinski definition) is 3. The number of aromatic nitrogens is 1. The molecule has 0 bridgehead atoms. The van der Waals surface area contributed by atoms with E-state index in [1.807, 2.05) is 30.3 Å². The lowest BCUT2D eigenvalue weighted by Gasteiger charge is -2.23. The Balaban J connectivity index is 1.79. The fraction of sp³-hybridized carbons (Fsp3) is 0.217. The van der Waals surface area contributed by atoms with Crippen molar-refractivity contribution >= 4 is 17.4 Å². The fourth-order valence-electron chi connectivity index (χ4n) is 4.08. The SMILES string of the molecule is Cc1[nH]c(C2CC(c3ccc(C(F)(F)F)c(F)c3)=NN2c2ccccc2)c(C)c1C(=O)O. The van der Waals surface area contributed by atoms with Gasteiger partial charge in [-0.25, -0.2) is 9.18 Å². The number of rotatable bonds is 4. The lowest BCUT2D eigenvalue weighted by molar-refractivity contribution is -0.140. The molecule has 0 aliphatic carbocycles. The summed E-state index contributed by atoms with van der Waals surface area (Å²) in [5, 5.41) is 15.8. The van der Waals surface area contributed by atoms with Crippen LogP contribution in [0.2, 0.25) is 0 Å². The molecule has 1 aliphatic rings. The van der Waals surface area contributed by atoms with E-state index in [0.717, 1.165) is 6.07 Å². The quantitative estimate of drug-likeness (QED) is 0.496. The Kier molecular flexibility index (Phi) is 5.28. The van der Waals surface area contributed by atoms with Crippen LogP contribution in [-0.4, -0.2) is 21.8 Å². The van der Waals surface area contributed by atoms with Crippen LogP contribution in [0.1, 0.15) is 50.9 Å². The minimum absolute atomic E-state index is 0.169. The lowest BCUT2D eigenvalue weighted by atomic mass is 9.98. The minimum atomic E-state index is -4.79. The minimum Gasteiger partial charge on any atom is -0.478 e. The van der Waals surface area contributed by atoms with Gasteiger partial charge in [-0.05, 0) is 43.7 Å². The van der Waals surface area contributed by atoms with Gasteiger partial charge in [-0.2, -0.15) is 18.3 Å². The number of hydrazone groups is 1. The van der Waals surface area contributed by atoms with Crippen molar-refractivity contribution in [1.82, 2.24) is 4.98 Å². The summed E-state index contributed by atoms with van der Waals surface area (Å²) in [4.78, 5) is 14.8. The van der Waals surface area contributed by atoms with Crippen LogP contribution < -0.4 is 5.01 Å². The lowest BCUT2D eigenvalue weighted by Crippen LogP contribution is -2.19. The van der Waals surface area contributed by atoms with Gasteiger partial charge in [0.1, 0.15) is 5.82 Å². The smallest absolute Gasteiger partial charge is 0.419 e. The average Bonchev–Trinajstić information content (AvgIpc) is 3.28. The Morgan fingerprint density at radius 2 is 1.84 bits per heavy atom. The van der Waals surface area contributed by atoms with Gasteiger partial charge in [0.05, 0.1) is 28.6 Å². The van der Waals surface area contributed by atoms with Crippen molar-refractivity contribution in [3.63, 3.8) is 0 Å². The Hall–Kier alpha value is -3.62. The number of carboxylic acids is 1. The number of anilines is 1. The van der Waals surface area contributed by atoms with E-state index in [1.165, 1.54) is 6.07 Å². The van der Waals surface area contributed by atoms with Gasteiger partial charge >= 0.3 is 12.1 Å². The summed E-state index contributed by atoms with van der Waals surface area (Å²) in [5.41, 5.74) is 1.86. The van der Waals surface area contributed by atoms with E-state index in [0.29, 0.717) is 34.4 Å². The predicted octanol–water partition coefficient (Wildman–Crippen LogP) is 5.84. The van der Waals surface area contributed by atoms with Gasteiger partial charge in [-0.1, -0.05) is 24.3 Å². The van der Waals surface area contributed by atoms with Crippen molar-refractivity contribution in [3.05, 3.63) is 88.0 Å². The zero-order valence-corrected chi connectivity index (χ0v) is 17.2. The zero-order chi connectivity index (χ0) is 23.2. The second kappa shape index (κ2) is 7.81. The van der Waals surface area contributed by atoms with E-state index in [2.05, 4.69) is 10.1 Å². The van der Waals surface area contributed by atoms with Crippen molar-refractivity contribution in [1.29, 1.82) is 0 Å². The van der Waals surface area contributed by atoms with Gasteiger partial charge in [0.25, 0.3) is 0 Å². The van der Waals surface area contributed by atoms with E-state index in [1.54, 1.807) is 18.9 Å². The first-order chi connectivity index (χ1) is 15.1. The van der Waals surface area contributed by atoms with Crippen LogP contribution in [0.3, 0.4) is 0 Å². The Bertz CT molecular complexity index is 1220. The summed E-state index contributed by atoms with van der Waals surface area (Å²) < 4.78 is 53.0. The number of carbonyl (C=O) groups is 1. The summed E-state index contributed by atoms with van der Waals surface area (Å²) in [6.45, 7) is 3.36. The number of aryl methyl sites for hydroxylation is 1. The van der Waals surface area contributed by atoms with E-state index >= 15 is 0 Å². The summed E-state index contributed by atoms with van der Waals surface area (Å²) >= 11 is 0. The molecule has 1 atom stereocenters. The summed E-state index contributed by atoms with van der Waals surface area (Å²) in [7, 11) is 0. The molecule has 9 heteroatoms. The molecule has 2 heterocycles. The molecule has 32 heavy (non-hydrogen) atoms. The number of nitrogens with zero attached hydrogens (tertiary/aromatic N) is 2. The Morgan fingerprint density at radius 1 is 1.16 bits per heavy atom. The normalized spacial score (nSPS) is 16.4. The topological polar surface area (TPSA) is 68.7 Å². The molecule has 166 valence electrons. The highest BCUT2D eigenvalue weighted by Gasteiger charge is 2.36. The maximum atomic E-state index is 14.2. The van der Waals surface area contributed by atoms with Crippen molar-refractivity contribution in [2.24, 2.45) is 5.10 Å². The van der Waals surface area contributed by atoms with Gasteiger partial charge in [0.2, 0.25) is 0 Å². The van der Waals surface area contributed by atoms with E-state index < -0.39 is 29.6 Å². The van der Waals surface area contributed by atoms with E-state index in [4.69, 9.17) is 0 Å². The number of para-hydroxylation sites is 1. The number of H-pyrrole nitrogens is 1. The van der Waals surface area contributed by atoms with Crippen molar-refractivity contribution < 1.29 is 27.5 Å². The highest BCUT2D eigenvalue weighted by atomic mass is 19.4. The van der Waals surface area contributed by atoms with Gasteiger partial charge in [0, 0.05) is 23.4 Å². The second-order valence-electron chi connectivity index (χ2n) is 7.61. The first-order valence-electron chi connectivity index (χ1n) is 9.79. The first-order valence-corrected chi connectivity index (χ1v) is 9.79. The van der Waals surface area contributed by atoms with E-state index in [-0.39, 0.29) is 17.5 Å². The number of benzene rings is 2. The largest absolute Gasteiger partial charge is 0.478 e. The van der Waals surface area contributed by atoms with Gasteiger partial charge in [0.15, 0.2) is 0 Å². The van der Waals surface area contributed by atoms with Gasteiger partial charge in [-0.15, -0.1) is 0 Å². The van der Waals surface area contributed by atoms with Crippen LogP contribution in [0.5, 0.6) is 0 Å². The van der Waals surface area contributed by atoms with Crippen LogP contribution >= 0.6 is 0 Å². The number of carboxylic acid groups (broad SMARTS) is 1. The molecule has 1 aliphatic heterocycles. The fourth-order valence-corrected chi connectivity index (χ4v) is 4.08. The molecule has 0 radical (unpaired) electrons. The predicted molar refractivity (Wildman–Crippen MR) is 111 cm³/mol. The highest BCUT2D eigenvalue weighted by molar-refractivity contribution is 6.03. The maximum absolute atomic E-state index is 14.2. The van der Waals surface area contributed by atoms with Crippen molar-refractivity contribution in [2.75, 3.05) is 5.01 Å². The van der Waals surface area contributed by atoms with Crippen molar-refractivity contribution in [3.8, 4) is 0 Å². The molecule has 4 rings (SSSR count). The van der Waals surface area contributed by atoms with E-state index in [9.17, 15) is 27.5 Å². The maximum Gasteiger partial charge on any atom is 0.419 e. The molecule has 1 aromatic heterocycles. The number of nitrogens with one attached hydrogen (secondary N) is 1. The molecule has 1 unspecified atom stereocenters. The van der Waals surface area contributed by atoms with Crippen LogP contribution in [0, 0.1) is 19.7 Å². The number of halogens is 4. The third-order valence-electron chi connectivity index (χ3n) is 5.56. The zero-order valence-electron chi connectivity index (χ0n) is 17.2. The molecule has 0 saturated heterocycles. The third-order valence-corrected chi connectivity index (χ3v) is 5.56. The van der Waals surface area contributed by atoms with Crippen LogP contribution in [0.25, 0.3) is 0 Å². The first kappa shape index (κ1) is 21.6. The van der Waals surface area contributed by atoms with Crippen LogP contribution in [0.4, 0.5) is 23.2 Å². The monoisotopic (exact) mass is 445 g/mol. The van der Waals surface area contributed by atoms with Crippen molar-refractivity contribution in [2.45, 2.75) is 32.5 Å². The molecule has 0 amide bonds. The van der Waals surface area contributed by atoms with Gasteiger partial charge in [-0.3, -0.25) is 5.01 Å². The molecule has 2 aromatic carbocycles. The number of aromatic carboxylic acids is 1. The Labute approximate surface area is 181 Å². The third kappa shape index (κ3) is 3.74. The summed E-state index contributed by atoms with van der Waals surface area (Å²) in [6, 6.07) is 11.4. The highest BCUT2D eigenvalue weighted by Crippen LogP contribution is 2.39. The van der Waals surface area contributed by atoms with Crippen LogP contribution in [0.15, 0.2) is 53.6 Å². The van der Waals surface area contributed by atoms with Crippen LogP contribution in [-0.2, 0) is 6.18 Å². The molecular weight excluding hydrogens is 426 g/mol. The number of aromatic amines is 1. The molecule has 2 N–H and O–H groups in total. The number of hydrogen-bond donors (Lipinski definition) is 2. The average molecular weight is 445 g/mol. The molecule has 0 fully saturated rings. The summed E-state index contributed by atoms with van der Waals surface area (Å²) in [6.07, 6.45) is -4.54. The molecule has 0 spiro atoms. The molecule has 3 aromatic rings. The second-order valence-corrected chi connectivity index (χ2v) is 7.61. The Morgan fingerprint density at radius 3 is 2.41 bits per heavy atom. The molecular formula is C23H19F4N3O2. The standard InChI is InChI=1S/C23H19F4N3O2/c1-12-20(22(31)32)13(2)28-21(12)19-11-18(29-30(19)15-6-4-3-5-7-15)14-8-9-16(17(24)10-14)23(25,26)27/h3-10,19,28H,11H2,1-2H3,(H,31,32). The molecule has 5 nitrogen and oxygen atoms in total. The molecule has 0 saturated carbocycles. The van der Waals surface area contributed by atoms with Gasteiger partial charge < -0.3 is 10.1 Å². The number of alkyl halides is 3. The summed E-state index contributed by atoms with van der Waals surface area (Å²) in [5.74, 6) is -2.43.